The van der Waals surface area contributed by atoms with Crippen LogP contribution in [0.3, 0.4) is 0 Å². The Morgan fingerprint density at radius 3 is 2.96 bits per heavy atom. The summed E-state index contributed by atoms with van der Waals surface area (Å²) in [4.78, 5) is 20.9. The van der Waals surface area contributed by atoms with Crippen LogP contribution in [0.15, 0.2) is 6.20 Å². The van der Waals surface area contributed by atoms with Crippen LogP contribution >= 0.6 is 0 Å². The van der Waals surface area contributed by atoms with Crippen LogP contribution in [-0.2, 0) is 27.5 Å². The second-order valence-corrected chi connectivity index (χ2v) is 10.1. The van der Waals surface area contributed by atoms with Gasteiger partial charge in [0, 0.05) is 18.3 Å². The van der Waals surface area contributed by atoms with Gasteiger partial charge in [0.05, 0.1) is 11.5 Å². The van der Waals surface area contributed by atoms with Crippen molar-refractivity contribution in [2.24, 2.45) is 11.3 Å². The summed E-state index contributed by atoms with van der Waals surface area (Å²) in [6.07, 6.45) is 6.38. The minimum atomic E-state index is -2.98. The highest BCUT2D eigenvalue weighted by Gasteiger charge is 2.28. The number of nitrogens with one attached hydrogen (secondary N) is 1. The molecule has 0 spiro atoms. The lowest BCUT2D eigenvalue weighted by molar-refractivity contribution is -0.117. The number of carbonyl (C=O) groups is 1. The minimum absolute atomic E-state index is 0.0952. The van der Waals surface area contributed by atoms with Gasteiger partial charge in [-0.1, -0.05) is 13.8 Å². The fraction of sp³-hybridized carbons (Fsp3) is 0.706. The van der Waals surface area contributed by atoms with Gasteiger partial charge >= 0.3 is 0 Å². The zero-order valence-corrected chi connectivity index (χ0v) is 15.2. The van der Waals surface area contributed by atoms with Crippen LogP contribution in [0.5, 0.6) is 0 Å². The Bertz CT molecular complexity index is 743. The minimum Gasteiger partial charge on any atom is -0.295 e. The van der Waals surface area contributed by atoms with Gasteiger partial charge in [-0.2, -0.15) is 0 Å². The summed E-state index contributed by atoms with van der Waals surface area (Å²) in [6.45, 7) is 4.48. The smallest absolute Gasteiger partial charge is 0.229 e. The van der Waals surface area contributed by atoms with E-state index in [4.69, 9.17) is 0 Å². The molecule has 1 amide bonds. The third kappa shape index (κ3) is 4.32. The summed E-state index contributed by atoms with van der Waals surface area (Å²) in [5, 5.41) is 2.73. The van der Waals surface area contributed by atoms with Gasteiger partial charge in [0.15, 0.2) is 9.84 Å². The molecule has 1 N–H and O–H groups in total. The Labute approximate surface area is 143 Å². The second kappa shape index (κ2) is 6.43. The average Bonchev–Trinajstić information content (AvgIpc) is 2.45. The van der Waals surface area contributed by atoms with Gasteiger partial charge in [-0.3, -0.25) is 10.1 Å². The SMILES string of the molecule is CC1(C)CCc2nc(NC(=O)CC3CCCS(=O)(=O)C3)ncc2C1. The van der Waals surface area contributed by atoms with Crippen molar-refractivity contribution in [3.63, 3.8) is 0 Å². The Kier molecular flexibility index (Phi) is 4.64. The molecule has 1 aromatic heterocycles. The first-order valence-corrected chi connectivity index (χ1v) is 10.4. The Hall–Kier alpha value is -1.50. The molecule has 1 aliphatic heterocycles. The van der Waals surface area contributed by atoms with E-state index < -0.39 is 9.84 Å². The Balaban J connectivity index is 1.61. The molecule has 2 aliphatic rings. The van der Waals surface area contributed by atoms with Crippen molar-refractivity contribution >= 4 is 21.7 Å². The molecule has 1 fully saturated rings. The van der Waals surface area contributed by atoms with Crippen LogP contribution in [0.2, 0.25) is 0 Å². The molecule has 1 aliphatic carbocycles. The molecule has 2 heterocycles. The van der Waals surface area contributed by atoms with E-state index in [0.29, 0.717) is 12.4 Å². The molecule has 3 rings (SSSR count). The largest absolute Gasteiger partial charge is 0.295 e. The van der Waals surface area contributed by atoms with Crippen molar-refractivity contribution in [2.45, 2.75) is 52.4 Å². The molecule has 132 valence electrons. The normalized spacial score (nSPS) is 24.8. The van der Waals surface area contributed by atoms with E-state index in [2.05, 4.69) is 29.1 Å². The number of amides is 1. The topological polar surface area (TPSA) is 89.0 Å². The molecule has 1 unspecified atom stereocenters. The zero-order valence-electron chi connectivity index (χ0n) is 14.3. The molecular weight excluding hydrogens is 326 g/mol. The van der Waals surface area contributed by atoms with E-state index in [1.54, 1.807) is 0 Å². The number of hydrogen-bond acceptors (Lipinski definition) is 5. The summed E-state index contributed by atoms with van der Waals surface area (Å²) in [7, 11) is -2.98. The van der Waals surface area contributed by atoms with Gasteiger partial charge < -0.3 is 0 Å². The number of hydrogen-bond donors (Lipinski definition) is 1. The number of fused-ring (bicyclic) bond motifs is 1. The van der Waals surface area contributed by atoms with Crippen LogP contribution in [0, 0.1) is 11.3 Å². The molecule has 0 radical (unpaired) electrons. The van der Waals surface area contributed by atoms with E-state index in [0.717, 1.165) is 36.9 Å². The maximum atomic E-state index is 12.2. The van der Waals surface area contributed by atoms with Gasteiger partial charge in [0.1, 0.15) is 0 Å². The number of rotatable bonds is 3. The summed E-state index contributed by atoms with van der Waals surface area (Å²) in [6, 6.07) is 0. The Morgan fingerprint density at radius 2 is 2.21 bits per heavy atom. The summed E-state index contributed by atoms with van der Waals surface area (Å²) < 4.78 is 23.3. The number of anilines is 1. The van der Waals surface area contributed by atoms with Crippen molar-refractivity contribution in [3.8, 4) is 0 Å². The highest BCUT2D eigenvalue weighted by atomic mass is 32.2. The molecule has 0 saturated carbocycles. The zero-order chi connectivity index (χ0) is 17.4. The lowest BCUT2D eigenvalue weighted by atomic mass is 9.76. The van der Waals surface area contributed by atoms with E-state index >= 15 is 0 Å². The van der Waals surface area contributed by atoms with Crippen LogP contribution in [0.25, 0.3) is 0 Å². The number of carbonyl (C=O) groups excluding carboxylic acids is 1. The molecule has 1 atom stereocenters. The van der Waals surface area contributed by atoms with Gasteiger partial charge in [0.25, 0.3) is 0 Å². The van der Waals surface area contributed by atoms with Crippen molar-refractivity contribution in [1.29, 1.82) is 0 Å². The number of aryl methyl sites for hydroxylation is 1. The predicted octanol–water partition coefficient (Wildman–Crippen LogP) is 2.14. The van der Waals surface area contributed by atoms with E-state index in [-0.39, 0.29) is 35.2 Å². The van der Waals surface area contributed by atoms with Crippen LogP contribution in [0.4, 0.5) is 5.95 Å². The second-order valence-electron chi connectivity index (χ2n) is 7.88. The molecule has 6 nitrogen and oxygen atoms in total. The summed E-state index contributed by atoms with van der Waals surface area (Å²) >= 11 is 0. The highest BCUT2D eigenvalue weighted by Crippen LogP contribution is 2.33. The van der Waals surface area contributed by atoms with Crippen molar-refractivity contribution in [1.82, 2.24) is 9.97 Å². The third-order valence-corrected chi connectivity index (χ3v) is 6.83. The molecule has 7 heteroatoms. The number of aromatic nitrogens is 2. The van der Waals surface area contributed by atoms with Gasteiger partial charge in [0.2, 0.25) is 11.9 Å². The molecule has 0 bridgehead atoms. The van der Waals surface area contributed by atoms with Gasteiger partial charge in [-0.05, 0) is 49.0 Å². The summed E-state index contributed by atoms with van der Waals surface area (Å²) in [5.41, 5.74) is 2.44. The maximum Gasteiger partial charge on any atom is 0.229 e. The van der Waals surface area contributed by atoms with Gasteiger partial charge in [-0.15, -0.1) is 0 Å². The quantitative estimate of drug-likeness (QED) is 0.901. The molecule has 24 heavy (non-hydrogen) atoms. The first kappa shape index (κ1) is 17.3. The molecule has 1 aromatic rings. The molecule has 0 aromatic carbocycles. The third-order valence-electron chi connectivity index (χ3n) is 4.94. The van der Waals surface area contributed by atoms with Crippen molar-refractivity contribution < 1.29 is 13.2 Å². The van der Waals surface area contributed by atoms with Crippen molar-refractivity contribution in [2.75, 3.05) is 16.8 Å². The molecule has 1 saturated heterocycles. The summed E-state index contributed by atoms with van der Waals surface area (Å²) in [5.74, 6) is 0.392. The van der Waals surface area contributed by atoms with Crippen LogP contribution < -0.4 is 5.32 Å². The fourth-order valence-corrected chi connectivity index (χ4v) is 5.42. The van der Waals surface area contributed by atoms with Crippen molar-refractivity contribution in [3.05, 3.63) is 17.5 Å². The number of sulfone groups is 1. The first-order chi connectivity index (χ1) is 11.2. The maximum absolute atomic E-state index is 12.2. The lowest BCUT2D eigenvalue weighted by Gasteiger charge is -2.30. The van der Waals surface area contributed by atoms with Crippen LogP contribution in [-0.4, -0.2) is 35.8 Å². The number of nitrogens with zero attached hydrogens (tertiary/aromatic N) is 2. The fourth-order valence-electron chi connectivity index (χ4n) is 3.64. The first-order valence-electron chi connectivity index (χ1n) is 8.58. The van der Waals surface area contributed by atoms with E-state index in [1.165, 1.54) is 0 Å². The highest BCUT2D eigenvalue weighted by molar-refractivity contribution is 7.91. The van der Waals surface area contributed by atoms with E-state index in [9.17, 15) is 13.2 Å². The molecular formula is C17H25N3O3S. The van der Waals surface area contributed by atoms with Gasteiger partial charge in [-0.25, -0.2) is 18.4 Å². The van der Waals surface area contributed by atoms with Crippen LogP contribution in [0.1, 0.15) is 50.8 Å². The standard InChI is InChI=1S/C17H25N3O3S/c1-17(2)6-5-14-13(9-17)10-18-16(19-14)20-15(21)8-12-4-3-7-24(22,23)11-12/h10,12H,3-9,11H2,1-2H3,(H,18,19,20,21). The predicted molar refractivity (Wildman–Crippen MR) is 92.5 cm³/mol. The average molecular weight is 351 g/mol. The van der Waals surface area contributed by atoms with E-state index in [1.807, 2.05) is 6.20 Å². The lowest BCUT2D eigenvalue weighted by Crippen LogP contribution is -2.29. The monoisotopic (exact) mass is 351 g/mol. The Morgan fingerprint density at radius 1 is 1.42 bits per heavy atom.